The number of hydrogen-bond acceptors (Lipinski definition) is 4. The van der Waals surface area contributed by atoms with Crippen molar-refractivity contribution in [2.75, 3.05) is 6.61 Å². The SMILES string of the molecule is Cc1ccc(O)c(/C=N/NC(=O)COc2cc(C)ccc2C(C)C)c1. The van der Waals surface area contributed by atoms with Crippen LogP contribution in [-0.2, 0) is 4.79 Å². The number of benzene rings is 2. The Labute approximate surface area is 148 Å². The molecule has 0 bridgehead atoms. The zero-order valence-electron chi connectivity index (χ0n) is 15.0. The highest BCUT2D eigenvalue weighted by Crippen LogP contribution is 2.27. The molecule has 5 nitrogen and oxygen atoms in total. The largest absolute Gasteiger partial charge is 0.507 e. The number of carbonyl (C=O) groups excluding carboxylic acids is 1. The highest BCUT2D eigenvalue weighted by atomic mass is 16.5. The number of nitrogens with zero attached hydrogens (tertiary/aromatic N) is 1. The number of phenols is 1. The summed E-state index contributed by atoms with van der Waals surface area (Å²) >= 11 is 0. The molecule has 5 heteroatoms. The number of aromatic hydroxyl groups is 1. The summed E-state index contributed by atoms with van der Waals surface area (Å²) in [6.45, 7) is 7.93. The predicted octanol–water partition coefficient (Wildman–Crippen LogP) is 3.66. The molecule has 2 aromatic rings. The third-order valence-corrected chi connectivity index (χ3v) is 3.73. The van der Waals surface area contributed by atoms with Crippen LogP contribution in [0.25, 0.3) is 0 Å². The van der Waals surface area contributed by atoms with Gasteiger partial charge < -0.3 is 9.84 Å². The van der Waals surface area contributed by atoms with Gasteiger partial charge in [-0.2, -0.15) is 5.10 Å². The van der Waals surface area contributed by atoms with E-state index in [9.17, 15) is 9.90 Å². The molecule has 0 heterocycles. The first-order valence-electron chi connectivity index (χ1n) is 8.21. The minimum atomic E-state index is -0.361. The third-order valence-electron chi connectivity index (χ3n) is 3.73. The number of nitrogens with one attached hydrogen (secondary N) is 1. The molecule has 25 heavy (non-hydrogen) atoms. The molecular formula is C20H24N2O3. The van der Waals surface area contributed by atoms with Crippen LogP contribution in [0.15, 0.2) is 41.5 Å². The van der Waals surface area contributed by atoms with E-state index in [1.165, 1.54) is 6.21 Å². The number of rotatable bonds is 6. The highest BCUT2D eigenvalue weighted by Gasteiger charge is 2.10. The van der Waals surface area contributed by atoms with Crippen LogP contribution in [0.5, 0.6) is 11.5 Å². The zero-order chi connectivity index (χ0) is 18.4. The van der Waals surface area contributed by atoms with Gasteiger partial charge in [0.15, 0.2) is 6.61 Å². The third kappa shape index (κ3) is 5.35. The molecule has 0 saturated carbocycles. The summed E-state index contributed by atoms with van der Waals surface area (Å²) in [5.41, 5.74) is 6.08. The Morgan fingerprint density at radius 2 is 1.88 bits per heavy atom. The van der Waals surface area contributed by atoms with E-state index in [4.69, 9.17) is 4.74 Å². The Morgan fingerprint density at radius 1 is 1.20 bits per heavy atom. The molecule has 1 amide bonds. The summed E-state index contributed by atoms with van der Waals surface area (Å²) < 4.78 is 5.65. The summed E-state index contributed by atoms with van der Waals surface area (Å²) in [7, 11) is 0. The maximum atomic E-state index is 11.9. The van der Waals surface area contributed by atoms with Gasteiger partial charge >= 0.3 is 0 Å². The quantitative estimate of drug-likeness (QED) is 0.623. The van der Waals surface area contributed by atoms with E-state index in [-0.39, 0.29) is 18.3 Å². The van der Waals surface area contributed by atoms with E-state index in [1.807, 2.05) is 32.0 Å². The number of phenolic OH excluding ortho intramolecular Hbond substituents is 1. The van der Waals surface area contributed by atoms with Crippen LogP contribution in [0.4, 0.5) is 0 Å². The number of hydrogen-bond donors (Lipinski definition) is 2. The number of amides is 1. The lowest BCUT2D eigenvalue weighted by Gasteiger charge is -2.14. The topological polar surface area (TPSA) is 70.9 Å². The molecule has 0 aromatic heterocycles. The number of aryl methyl sites for hydroxylation is 2. The smallest absolute Gasteiger partial charge is 0.277 e. The Bertz CT molecular complexity index is 783. The van der Waals surface area contributed by atoms with Gasteiger partial charge in [0.1, 0.15) is 11.5 Å². The van der Waals surface area contributed by atoms with Crippen LogP contribution in [0.2, 0.25) is 0 Å². The van der Waals surface area contributed by atoms with Gasteiger partial charge in [-0.25, -0.2) is 5.43 Å². The summed E-state index contributed by atoms with van der Waals surface area (Å²) in [5.74, 6) is 0.771. The molecule has 0 spiro atoms. The molecule has 0 aliphatic rings. The maximum absolute atomic E-state index is 11.9. The normalized spacial score (nSPS) is 11.1. The Morgan fingerprint density at radius 3 is 2.60 bits per heavy atom. The minimum Gasteiger partial charge on any atom is -0.507 e. The van der Waals surface area contributed by atoms with Crippen molar-refractivity contribution in [3.63, 3.8) is 0 Å². The van der Waals surface area contributed by atoms with Crippen LogP contribution in [0.1, 0.15) is 42.0 Å². The van der Waals surface area contributed by atoms with E-state index >= 15 is 0 Å². The van der Waals surface area contributed by atoms with E-state index in [0.717, 1.165) is 16.7 Å². The van der Waals surface area contributed by atoms with Crippen molar-refractivity contribution in [3.05, 3.63) is 58.7 Å². The van der Waals surface area contributed by atoms with Crippen molar-refractivity contribution < 1.29 is 14.6 Å². The lowest BCUT2D eigenvalue weighted by atomic mass is 10.0. The Kier molecular flexibility index (Phi) is 6.17. The van der Waals surface area contributed by atoms with Crippen molar-refractivity contribution in [1.29, 1.82) is 0 Å². The highest BCUT2D eigenvalue weighted by molar-refractivity contribution is 5.85. The molecule has 0 radical (unpaired) electrons. The maximum Gasteiger partial charge on any atom is 0.277 e. The van der Waals surface area contributed by atoms with E-state index in [0.29, 0.717) is 17.2 Å². The molecule has 0 aliphatic carbocycles. The van der Waals surface area contributed by atoms with Crippen molar-refractivity contribution in [2.24, 2.45) is 5.10 Å². The fourth-order valence-corrected chi connectivity index (χ4v) is 2.37. The first-order valence-corrected chi connectivity index (χ1v) is 8.21. The van der Waals surface area contributed by atoms with Crippen LogP contribution in [0.3, 0.4) is 0 Å². The zero-order valence-corrected chi connectivity index (χ0v) is 15.0. The Balaban J connectivity index is 1.94. The average Bonchev–Trinajstić information content (AvgIpc) is 2.56. The molecule has 0 unspecified atom stereocenters. The average molecular weight is 340 g/mol. The lowest BCUT2D eigenvalue weighted by molar-refractivity contribution is -0.123. The van der Waals surface area contributed by atoms with Gasteiger partial charge in [-0.15, -0.1) is 0 Å². The van der Waals surface area contributed by atoms with Crippen LogP contribution in [0, 0.1) is 13.8 Å². The first kappa shape index (κ1) is 18.5. The second-order valence-electron chi connectivity index (χ2n) is 6.34. The van der Waals surface area contributed by atoms with Crippen LogP contribution < -0.4 is 10.2 Å². The van der Waals surface area contributed by atoms with Gasteiger partial charge in [0.05, 0.1) is 6.21 Å². The molecule has 0 aliphatic heterocycles. The summed E-state index contributed by atoms with van der Waals surface area (Å²) in [6, 6.07) is 11.1. The standard InChI is InChI=1S/C20H24N2O3/c1-13(2)17-7-5-15(4)10-19(17)25-12-20(24)22-21-11-16-9-14(3)6-8-18(16)23/h5-11,13,23H,12H2,1-4H3,(H,22,24)/b21-11+. The number of ether oxygens (including phenoxy) is 1. The Hall–Kier alpha value is -2.82. The molecule has 132 valence electrons. The van der Waals surface area contributed by atoms with Gasteiger partial charge in [-0.3, -0.25) is 4.79 Å². The van der Waals surface area contributed by atoms with E-state index in [2.05, 4.69) is 24.4 Å². The van der Waals surface area contributed by atoms with Gasteiger partial charge in [0.2, 0.25) is 0 Å². The first-order chi connectivity index (χ1) is 11.9. The molecule has 2 rings (SSSR count). The summed E-state index contributed by atoms with van der Waals surface area (Å²) in [4.78, 5) is 11.9. The fourth-order valence-electron chi connectivity index (χ4n) is 2.37. The van der Waals surface area contributed by atoms with Gasteiger partial charge in [-0.1, -0.05) is 37.6 Å². The van der Waals surface area contributed by atoms with E-state index in [1.54, 1.807) is 18.2 Å². The molecular weight excluding hydrogens is 316 g/mol. The van der Waals surface area contributed by atoms with Crippen LogP contribution >= 0.6 is 0 Å². The van der Waals surface area contributed by atoms with Gasteiger partial charge in [0.25, 0.3) is 5.91 Å². The van der Waals surface area contributed by atoms with Gasteiger partial charge in [0, 0.05) is 5.56 Å². The van der Waals surface area contributed by atoms with Crippen molar-refractivity contribution in [1.82, 2.24) is 5.43 Å². The predicted molar refractivity (Wildman–Crippen MR) is 99.3 cm³/mol. The van der Waals surface area contributed by atoms with Gasteiger partial charge in [-0.05, 0) is 49.1 Å². The molecule has 2 aromatic carbocycles. The number of carbonyl (C=O) groups is 1. The minimum absolute atomic E-state index is 0.112. The molecule has 0 saturated heterocycles. The van der Waals surface area contributed by atoms with Crippen molar-refractivity contribution in [2.45, 2.75) is 33.6 Å². The molecule has 0 fully saturated rings. The monoisotopic (exact) mass is 340 g/mol. The summed E-state index contributed by atoms with van der Waals surface area (Å²) in [5, 5.41) is 13.6. The molecule has 2 N–H and O–H groups in total. The second-order valence-corrected chi connectivity index (χ2v) is 6.34. The number of hydrazone groups is 1. The summed E-state index contributed by atoms with van der Waals surface area (Å²) in [6.07, 6.45) is 1.41. The molecule has 0 atom stereocenters. The fraction of sp³-hybridized carbons (Fsp3) is 0.300. The second kappa shape index (κ2) is 8.33. The lowest BCUT2D eigenvalue weighted by Crippen LogP contribution is -2.25. The van der Waals surface area contributed by atoms with Crippen LogP contribution in [-0.4, -0.2) is 23.8 Å². The van der Waals surface area contributed by atoms with E-state index < -0.39 is 0 Å². The van der Waals surface area contributed by atoms with Crippen molar-refractivity contribution in [3.8, 4) is 11.5 Å². The van der Waals surface area contributed by atoms with Crippen molar-refractivity contribution >= 4 is 12.1 Å².